The molecule has 0 fully saturated rings. The van der Waals surface area contributed by atoms with Gasteiger partial charge in [0.25, 0.3) is 0 Å². The topological polar surface area (TPSA) is 35.2 Å². The fourth-order valence-corrected chi connectivity index (χ4v) is 1.29. The lowest BCUT2D eigenvalue weighted by atomic mass is 10.1. The van der Waals surface area contributed by atoms with Crippen molar-refractivity contribution in [3.63, 3.8) is 0 Å². The molecule has 0 radical (unpaired) electrons. The molecule has 0 bridgehead atoms. The van der Waals surface area contributed by atoms with E-state index in [1.54, 1.807) is 7.11 Å². The van der Waals surface area contributed by atoms with Crippen LogP contribution < -0.4 is 10.5 Å². The summed E-state index contributed by atoms with van der Waals surface area (Å²) in [7, 11) is 1.68. The van der Waals surface area contributed by atoms with Crippen molar-refractivity contribution in [3.05, 3.63) is 35.4 Å². The largest absolute Gasteiger partial charge is 0.496 e. The van der Waals surface area contributed by atoms with Crippen molar-refractivity contribution in [2.75, 3.05) is 7.11 Å². The Morgan fingerprint density at radius 2 is 2.14 bits per heavy atom. The molecule has 2 nitrogen and oxygen atoms in total. The molecule has 0 aromatic heterocycles. The number of benzene rings is 1. The third-order valence-electron chi connectivity index (χ3n) is 2.13. The van der Waals surface area contributed by atoms with Crippen molar-refractivity contribution in [3.8, 4) is 5.75 Å². The average molecular weight is 191 g/mol. The molecular weight excluding hydrogens is 174 g/mol. The Hall–Kier alpha value is -1.28. The highest BCUT2D eigenvalue weighted by atomic mass is 16.5. The van der Waals surface area contributed by atoms with Crippen LogP contribution in [0.4, 0.5) is 0 Å². The molecule has 0 amide bonds. The molecule has 1 unspecified atom stereocenters. The van der Waals surface area contributed by atoms with Crippen LogP contribution in [0, 0.1) is 6.92 Å². The van der Waals surface area contributed by atoms with E-state index < -0.39 is 0 Å². The van der Waals surface area contributed by atoms with Crippen LogP contribution in [-0.2, 0) is 0 Å². The van der Waals surface area contributed by atoms with E-state index in [9.17, 15) is 0 Å². The highest BCUT2D eigenvalue weighted by molar-refractivity contribution is 5.57. The lowest BCUT2D eigenvalue weighted by molar-refractivity contribution is 0.411. The van der Waals surface area contributed by atoms with Crippen molar-refractivity contribution >= 4 is 6.08 Å². The first kappa shape index (κ1) is 10.8. The molecule has 0 heterocycles. The van der Waals surface area contributed by atoms with Gasteiger partial charge in [-0.3, -0.25) is 0 Å². The number of hydrogen-bond donors (Lipinski definition) is 1. The first-order chi connectivity index (χ1) is 6.65. The standard InChI is InChI=1S/C12H17NO/c1-9(13)7-8-11-5-4-6-12(14-3)10(11)2/h4-9H,13H2,1-3H3/b8-7+. The Balaban J connectivity index is 2.98. The van der Waals surface area contributed by atoms with Crippen LogP contribution in [0.2, 0.25) is 0 Å². The van der Waals surface area contributed by atoms with Crippen molar-refractivity contribution in [2.45, 2.75) is 19.9 Å². The molecule has 2 N–H and O–H groups in total. The van der Waals surface area contributed by atoms with Gasteiger partial charge in [-0.15, -0.1) is 0 Å². The van der Waals surface area contributed by atoms with Gasteiger partial charge in [-0.25, -0.2) is 0 Å². The van der Waals surface area contributed by atoms with Gasteiger partial charge in [0.2, 0.25) is 0 Å². The zero-order valence-corrected chi connectivity index (χ0v) is 8.95. The monoisotopic (exact) mass is 191 g/mol. The minimum atomic E-state index is 0.0839. The minimum Gasteiger partial charge on any atom is -0.496 e. The summed E-state index contributed by atoms with van der Waals surface area (Å²) in [6, 6.07) is 6.07. The van der Waals surface area contributed by atoms with Crippen LogP contribution in [0.3, 0.4) is 0 Å². The Morgan fingerprint density at radius 3 is 2.71 bits per heavy atom. The molecule has 1 aromatic carbocycles. The lowest BCUT2D eigenvalue weighted by Gasteiger charge is -2.07. The van der Waals surface area contributed by atoms with Crippen LogP contribution in [0.5, 0.6) is 5.75 Å². The summed E-state index contributed by atoms with van der Waals surface area (Å²) in [6.07, 6.45) is 4.00. The first-order valence-electron chi connectivity index (χ1n) is 4.72. The number of methoxy groups -OCH3 is 1. The zero-order chi connectivity index (χ0) is 10.6. The molecule has 1 aromatic rings. The molecule has 0 aliphatic carbocycles. The van der Waals surface area contributed by atoms with Crippen LogP contribution in [0.1, 0.15) is 18.1 Å². The Morgan fingerprint density at radius 1 is 1.43 bits per heavy atom. The van der Waals surface area contributed by atoms with Crippen LogP contribution in [-0.4, -0.2) is 13.2 Å². The minimum absolute atomic E-state index is 0.0839. The molecule has 76 valence electrons. The molecule has 2 heteroatoms. The SMILES string of the molecule is COc1cccc(/C=C/C(C)N)c1C. The van der Waals surface area contributed by atoms with Gasteiger partial charge in [-0.05, 0) is 31.0 Å². The van der Waals surface area contributed by atoms with E-state index in [0.29, 0.717) is 0 Å². The summed E-state index contributed by atoms with van der Waals surface area (Å²) in [5, 5.41) is 0. The highest BCUT2D eigenvalue weighted by Crippen LogP contribution is 2.21. The van der Waals surface area contributed by atoms with Crippen molar-refractivity contribution < 1.29 is 4.74 Å². The maximum Gasteiger partial charge on any atom is 0.122 e. The second-order valence-electron chi connectivity index (χ2n) is 3.39. The van der Waals surface area contributed by atoms with Crippen LogP contribution in [0.15, 0.2) is 24.3 Å². The maximum absolute atomic E-state index is 5.64. The van der Waals surface area contributed by atoms with E-state index >= 15 is 0 Å². The van der Waals surface area contributed by atoms with Gasteiger partial charge >= 0.3 is 0 Å². The number of hydrogen-bond acceptors (Lipinski definition) is 2. The quantitative estimate of drug-likeness (QED) is 0.796. The second-order valence-corrected chi connectivity index (χ2v) is 3.39. The molecule has 1 rings (SSSR count). The Bertz CT molecular complexity index is 329. The summed E-state index contributed by atoms with van der Waals surface area (Å²) in [5.74, 6) is 0.914. The summed E-state index contributed by atoms with van der Waals surface area (Å²) >= 11 is 0. The molecule has 0 aliphatic rings. The lowest BCUT2D eigenvalue weighted by Crippen LogP contribution is -2.09. The average Bonchev–Trinajstić information content (AvgIpc) is 2.16. The Labute approximate surface area is 85.4 Å². The molecule has 0 saturated carbocycles. The smallest absolute Gasteiger partial charge is 0.122 e. The fourth-order valence-electron chi connectivity index (χ4n) is 1.29. The van der Waals surface area contributed by atoms with Crippen molar-refractivity contribution in [1.82, 2.24) is 0 Å². The van der Waals surface area contributed by atoms with Gasteiger partial charge in [0.1, 0.15) is 5.75 Å². The highest BCUT2D eigenvalue weighted by Gasteiger charge is 2.00. The Kier molecular flexibility index (Phi) is 3.72. The summed E-state index contributed by atoms with van der Waals surface area (Å²) in [5.41, 5.74) is 7.94. The number of nitrogens with two attached hydrogens (primary N) is 1. The van der Waals surface area contributed by atoms with Crippen molar-refractivity contribution in [2.24, 2.45) is 5.73 Å². The van der Waals surface area contributed by atoms with E-state index in [4.69, 9.17) is 10.5 Å². The van der Waals surface area contributed by atoms with E-state index in [-0.39, 0.29) is 6.04 Å². The maximum atomic E-state index is 5.64. The van der Waals surface area contributed by atoms with Crippen LogP contribution in [0.25, 0.3) is 6.08 Å². The predicted molar refractivity (Wildman–Crippen MR) is 60.4 cm³/mol. The van der Waals surface area contributed by atoms with Gasteiger partial charge in [-0.2, -0.15) is 0 Å². The normalized spacial score (nSPS) is 13.1. The molecule has 1 atom stereocenters. The zero-order valence-electron chi connectivity index (χ0n) is 8.95. The number of rotatable bonds is 3. The van der Waals surface area contributed by atoms with Gasteiger partial charge in [0.15, 0.2) is 0 Å². The predicted octanol–water partition coefficient (Wildman–Crippen LogP) is 2.36. The van der Waals surface area contributed by atoms with Gasteiger partial charge < -0.3 is 10.5 Å². The molecule has 0 saturated heterocycles. The summed E-state index contributed by atoms with van der Waals surface area (Å²) in [4.78, 5) is 0. The van der Waals surface area contributed by atoms with Crippen molar-refractivity contribution in [1.29, 1.82) is 0 Å². The van der Waals surface area contributed by atoms with Crippen LogP contribution >= 0.6 is 0 Å². The third kappa shape index (κ3) is 2.60. The van der Waals surface area contributed by atoms with E-state index in [1.165, 1.54) is 0 Å². The van der Waals surface area contributed by atoms with E-state index in [1.807, 2.05) is 38.1 Å². The first-order valence-corrected chi connectivity index (χ1v) is 4.72. The fraction of sp³-hybridized carbons (Fsp3) is 0.333. The van der Waals surface area contributed by atoms with Gasteiger partial charge in [0.05, 0.1) is 7.11 Å². The molecule has 0 spiro atoms. The second kappa shape index (κ2) is 4.82. The van der Waals surface area contributed by atoms with Gasteiger partial charge in [-0.1, -0.05) is 24.3 Å². The third-order valence-corrected chi connectivity index (χ3v) is 2.13. The van der Waals surface area contributed by atoms with E-state index in [2.05, 4.69) is 6.07 Å². The summed E-state index contributed by atoms with van der Waals surface area (Å²) in [6.45, 7) is 3.99. The van der Waals surface area contributed by atoms with Gasteiger partial charge in [0, 0.05) is 6.04 Å². The molecule has 0 aliphatic heterocycles. The molecular formula is C12H17NO. The molecule has 14 heavy (non-hydrogen) atoms. The van der Waals surface area contributed by atoms with E-state index in [0.717, 1.165) is 16.9 Å². The number of ether oxygens (including phenoxy) is 1. The summed E-state index contributed by atoms with van der Waals surface area (Å²) < 4.78 is 5.23.